The van der Waals surface area contributed by atoms with Crippen LogP contribution >= 0.6 is 11.6 Å². The molecule has 2 nitrogen and oxygen atoms in total. The van der Waals surface area contributed by atoms with Crippen molar-refractivity contribution in [3.05, 3.63) is 34.9 Å². The predicted molar refractivity (Wildman–Crippen MR) is 77.4 cm³/mol. The Bertz CT molecular complexity index is 392. The van der Waals surface area contributed by atoms with Gasteiger partial charge in [0.15, 0.2) is 5.78 Å². The number of halogens is 1. The van der Waals surface area contributed by atoms with Crippen molar-refractivity contribution in [2.24, 2.45) is 5.92 Å². The van der Waals surface area contributed by atoms with Crippen LogP contribution in [0.25, 0.3) is 0 Å². The molecule has 0 aliphatic heterocycles. The molecule has 0 bridgehead atoms. The van der Waals surface area contributed by atoms with Crippen molar-refractivity contribution >= 4 is 17.4 Å². The van der Waals surface area contributed by atoms with Gasteiger partial charge in [0.25, 0.3) is 0 Å². The zero-order valence-electron chi connectivity index (χ0n) is 11.4. The fraction of sp³-hybridized carbons (Fsp3) is 0.533. The van der Waals surface area contributed by atoms with Crippen LogP contribution < -0.4 is 0 Å². The van der Waals surface area contributed by atoms with Gasteiger partial charge in [0.05, 0.1) is 6.54 Å². The third-order valence-corrected chi connectivity index (χ3v) is 3.46. The third kappa shape index (κ3) is 4.79. The van der Waals surface area contributed by atoms with Gasteiger partial charge < -0.3 is 0 Å². The lowest BCUT2D eigenvalue weighted by molar-refractivity contribution is 0.0924. The molecule has 1 aromatic rings. The van der Waals surface area contributed by atoms with Crippen LogP contribution in [0.15, 0.2) is 24.3 Å². The summed E-state index contributed by atoms with van der Waals surface area (Å²) in [4.78, 5) is 14.3. The molecular weight excluding hydrogens is 246 g/mol. The quantitative estimate of drug-likeness (QED) is 0.699. The van der Waals surface area contributed by atoms with Crippen molar-refractivity contribution < 1.29 is 4.79 Å². The lowest BCUT2D eigenvalue weighted by Crippen LogP contribution is -2.33. The summed E-state index contributed by atoms with van der Waals surface area (Å²) in [6.07, 6.45) is 1.14. The van der Waals surface area contributed by atoms with E-state index in [4.69, 9.17) is 11.6 Å². The summed E-state index contributed by atoms with van der Waals surface area (Å²) in [5.41, 5.74) is 0.699. The summed E-state index contributed by atoms with van der Waals surface area (Å²) >= 11 is 5.90. The maximum absolute atomic E-state index is 12.1. The Hall–Kier alpha value is -0.860. The molecule has 0 saturated carbocycles. The highest BCUT2D eigenvalue weighted by Crippen LogP contribution is 2.12. The molecule has 0 aliphatic carbocycles. The first kappa shape index (κ1) is 15.2. The summed E-state index contributed by atoms with van der Waals surface area (Å²) in [5.74, 6) is 0.764. The number of carbonyl (C=O) groups excluding carboxylic acids is 1. The van der Waals surface area contributed by atoms with Crippen LogP contribution in [-0.2, 0) is 0 Å². The van der Waals surface area contributed by atoms with E-state index in [1.54, 1.807) is 12.1 Å². The first-order valence-electron chi connectivity index (χ1n) is 6.57. The van der Waals surface area contributed by atoms with E-state index in [0.29, 0.717) is 23.0 Å². The molecule has 1 rings (SSSR count). The molecule has 0 heterocycles. The molecule has 0 spiro atoms. The Labute approximate surface area is 115 Å². The van der Waals surface area contributed by atoms with Gasteiger partial charge in [0.1, 0.15) is 0 Å². The molecule has 0 saturated heterocycles. The molecule has 0 aromatic heterocycles. The van der Waals surface area contributed by atoms with E-state index in [-0.39, 0.29) is 5.78 Å². The average Bonchev–Trinajstić information content (AvgIpc) is 2.37. The number of likely N-dealkylation sites (N-methyl/N-ethyl adjacent to an activating group) is 1. The molecule has 1 aromatic carbocycles. The molecule has 18 heavy (non-hydrogen) atoms. The Morgan fingerprint density at radius 1 is 1.39 bits per heavy atom. The highest BCUT2D eigenvalue weighted by atomic mass is 35.5. The molecule has 1 atom stereocenters. The molecule has 1 unspecified atom stereocenters. The van der Waals surface area contributed by atoms with E-state index in [9.17, 15) is 4.79 Å². The van der Waals surface area contributed by atoms with Crippen LogP contribution in [0.1, 0.15) is 37.6 Å². The van der Waals surface area contributed by atoms with E-state index in [1.165, 1.54) is 0 Å². The first-order valence-corrected chi connectivity index (χ1v) is 6.95. The lowest BCUT2D eigenvalue weighted by Gasteiger charge is -2.22. The fourth-order valence-corrected chi connectivity index (χ4v) is 2.02. The van der Waals surface area contributed by atoms with E-state index < -0.39 is 0 Å². The minimum atomic E-state index is 0.141. The van der Waals surface area contributed by atoms with Crippen LogP contribution in [-0.4, -0.2) is 30.3 Å². The molecule has 0 N–H and O–H groups in total. The summed E-state index contributed by atoms with van der Waals surface area (Å²) in [5, 5.41) is 0.617. The number of benzene rings is 1. The molecule has 3 heteroatoms. The second-order valence-corrected chi connectivity index (χ2v) is 5.21. The van der Waals surface area contributed by atoms with E-state index >= 15 is 0 Å². The van der Waals surface area contributed by atoms with Gasteiger partial charge in [-0.1, -0.05) is 50.9 Å². The molecule has 0 radical (unpaired) electrons. The minimum Gasteiger partial charge on any atom is -0.296 e. The van der Waals surface area contributed by atoms with Crippen LogP contribution in [0.3, 0.4) is 0 Å². The van der Waals surface area contributed by atoms with Gasteiger partial charge in [0.2, 0.25) is 0 Å². The van der Waals surface area contributed by atoms with Crippen molar-refractivity contribution in [2.45, 2.75) is 27.2 Å². The van der Waals surface area contributed by atoms with E-state index in [2.05, 4.69) is 25.7 Å². The van der Waals surface area contributed by atoms with Crippen LogP contribution in [0.5, 0.6) is 0 Å². The van der Waals surface area contributed by atoms with Crippen molar-refractivity contribution in [3.8, 4) is 0 Å². The van der Waals surface area contributed by atoms with Gasteiger partial charge in [-0.15, -0.1) is 0 Å². The monoisotopic (exact) mass is 267 g/mol. The van der Waals surface area contributed by atoms with E-state index in [0.717, 1.165) is 19.5 Å². The van der Waals surface area contributed by atoms with Crippen molar-refractivity contribution in [1.29, 1.82) is 0 Å². The largest absolute Gasteiger partial charge is 0.296 e. The number of carbonyl (C=O) groups is 1. The van der Waals surface area contributed by atoms with Gasteiger partial charge >= 0.3 is 0 Å². The molecule has 0 amide bonds. The number of hydrogen-bond acceptors (Lipinski definition) is 2. The normalized spacial score (nSPS) is 12.7. The van der Waals surface area contributed by atoms with Crippen molar-refractivity contribution in [1.82, 2.24) is 4.90 Å². The first-order chi connectivity index (χ1) is 8.56. The number of nitrogens with zero attached hydrogens (tertiary/aromatic N) is 1. The van der Waals surface area contributed by atoms with Gasteiger partial charge in [-0.05, 0) is 24.6 Å². The van der Waals surface area contributed by atoms with Gasteiger partial charge in [0, 0.05) is 17.1 Å². The smallest absolute Gasteiger partial charge is 0.176 e. The number of rotatable bonds is 7. The predicted octanol–water partition coefficient (Wildman–Crippen LogP) is 3.89. The van der Waals surface area contributed by atoms with Crippen LogP contribution in [0.2, 0.25) is 5.02 Å². The second kappa shape index (κ2) is 7.55. The van der Waals surface area contributed by atoms with Gasteiger partial charge in [-0.2, -0.15) is 0 Å². The molecule has 0 aliphatic rings. The zero-order chi connectivity index (χ0) is 13.5. The van der Waals surface area contributed by atoms with Crippen LogP contribution in [0.4, 0.5) is 0 Å². The summed E-state index contributed by atoms with van der Waals surface area (Å²) in [6, 6.07) is 7.17. The van der Waals surface area contributed by atoms with Crippen molar-refractivity contribution in [2.75, 3.05) is 19.6 Å². The average molecular weight is 268 g/mol. The number of hydrogen-bond donors (Lipinski definition) is 0. The summed E-state index contributed by atoms with van der Waals surface area (Å²) in [7, 11) is 0. The summed E-state index contributed by atoms with van der Waals surface area (Å²) in [6.45, 7) is 8.83. The summed E-state index contributed by atoms with van der Waals surface area (Å²) < 4.78 is 0. The SMILES string of the molecule is CCC(C)CN(CC)CC(=O)c1cccc(Cl)c1. The topological polar surface area (TPSA) is 20.3 Å². The zero-order valence-corrected chi connectivity index (χ0v) is 12.2. The number of ketones is 1. The Balaban J connectivity index is 2.62. The highest BCUT2D eigenvalue weighted by Gasteiger charge is 2.13. The second-order valence-electron chi connectivity index (χ2n) is 4.77. The van der Waals surface area contributed by atoms with Crippen molar-refractivity contribution in [3.63, 3.8) is 0 Å². The van der Waals surface area contributed by atoms with Gasteiger partial charge in [-0.3, -0.25) is 9.69 Å². The highest BCUT2D eigenvalue weighted by molar-refractivity contribution is 6.31. The minimum absolute atomic E-state index is 0.141. The Morgan fingerprint density at radius 3 is 2.67 bits per heavy atom. The standard InChI is InChI=1S/C15H22ClNO/c1-4-12(3)10-17(5-2)11-15(18)13-7-6-8-14(16)9-13/h6-9,12H,4-5,10-11H2,1-3H3. The van der Waals surface area contributed by atoms with Gasteiger partial charge in [-0.25, -0.2) is 0 Å². The third-order valence-electron chi connectivity index (χ3n) is 3.23. The Kier molecular flexibility index (Phi) is 6.37. The number of Topliss-reactive ketones (excluding diaryl/α,β-unsaturated/α-hetero) is 1. The maximum Gasteiger partial charge on any atom is 0.176 e. The van der Waals surface area contributed by atoms with E-state index in [1.807, 2.05) is 12.1 Å². The molecule has 100 valence electrons. The van der Waals surface area contributed by atoms with Crippen LogP contribution in [0, 0.1) is 5.92 Å². The lowest BCUT2D eigenvalue weighted by atomic mass is 10.1. The fourth-order valence-electron chi connectivity index (χ4n) is 1.83. The molecule has 0 fully saturated rings. The Morgan fingerprint density at radius 2 is 2.11 bits per heavy atom. The molecular formula is C15H22ClNO. The maximum atomic E-state index is 12.1.